The van der Waals surface area contributed by atoms with Crippen molar-refractivity contribution in [3.8, 4) is 11.5 Å². The maximum atomic E-state index is 6.32. The first-order chi connectivity index (χ1) is 22.8. The standard InChI is InChI=1S/C40H42O6/c1-5-13-33(14-6-1)25-41-29-39(30-42-26-34-15-7-2-8-16-34)45-37-21-23-38(24-22-37)46-40(31-43-27-35-17-9-3-10-18-35)32-44-28-36-19-11-4-12-20-36/h1-24,39-40H,25-32H2. The summed E-state index contributed by atoms with van der Waals surface area (Å²) in [5.74, 6) is 1.42. The van der Waals surface area contributed by atoms with Gasteiger partial charge in [-0.15, -0.1) is 0 Å². The molecule has 0 aromatic heterocycles. The van der Waals surface area contributed by atoms with Crippen LogP contribution in [0.5, 0.6) is 11.5 Å². The number of hydrogen-bond acceptors (Lipinski definition) is 6. The fraction of sp³-hybridized carbons (Fsp3) is 0.250. The monoisotopic (exact) mass is 618 g/mol. The highest BCUT2D eigenvalue weighted by molar-refractivity contribution is 5.31. The van der Waals surface area contributed by atoms with Crippen LogP contribution < -0.4 is 9.47 Å². The molecule has 6 nitrogen and oxygen atoms in total. The van der Waals surface area contributed by atoms with Crippen LogP contribution in [0.3, 0.4) is 0 Å². The summed E-state index contributed by atoms with van der Waals surface area (Å²) >= 11 is 0. The zero-order chi connectivity index (χ0) is 31.5. The van der Waals surface area contributed by atoms with Gasteiger partial charge in [0.1, 0.15) is 23.7 Å². The van der Waals surface area contributed by atoms with Gasteiger partial charge in [-0.25, -0.2) is 0 Å². The van der Waals surface area contributed by atoms with Gasteiger partial charge in [-0.3, -0.25) is 0 Å². The highest BCUT2D eigenvalue weighted by atomic mass is 16.6. The van der Waals surface area contributed by atoms with Crippen LogP contribution in [0.25, 0.3) is 0 Å². The SMILES string of the molecule is c1ccc(COCC(COCc2ccccc2)Oc2ccc(OC(COCc3ccccc3)COCc3ccccc3)cc2)cc1. The topological polar surface area (TPSA) is 55.4 Å². The van der Waals surface area contributed by atoms with Crippen LogP contribution >= 0.6 is 0 Å². The highest BCUT2D eigenvalue weighted by Crippen LogP contribution is 2.21. The molecule has 0 aliphatic rings. The second-order valence-electron chi connectivity index (χ2n) is 11.0. The number of rotatable bonds is 20. The molecule has 0 bridgehead atoms. The summed E-state index contributed by atoms with van der Waals surface area (Å²) in [4.78, 5) is 0. The lowest BCUT2D eigenvalue weighted by atomic mass is 10.2. The minimum absolute atomic E-state index is 0.287. The van der Waals surface area contributed by atoms with E-state index in [0.29, 0.717) is 64.4 Å². The fourth-order valence-electron chi connectivity index (χ4n) is 4.74. The maximum Gasteiger partial charge on any atom is 0.145 e. The molecule has 0 atom stereocenters. The van der Waals surface area contributed by atoms with Crippen molar-refractivity contribution in [2.24, 2.45) is 0 Å². The van der Waals surface area contributed by atoms with Gasteiger partial charge in [0.05, 0.1) is 52.9 Å². The van der Waals surface area contributed by atoms with E-state index in [1.165, 1.54) is 0 Å². The van der Waals surface area contributed by atoms with Gasteiger partial charge in [-0.1, -0.05) is 121 Å². The molecule has 5 aromatic rings. The predicted molar refractivity (Wildman–Crippen MR) is 180 cm³/mol. The lowest BCUT2D eigenvalue weighted by Crippen LogP contribution is -2.29. The molecule has 5 aromatic carbocycles. The van der Waals surface area contributed by atoms with Gasteiger partial charge in [0.15, 0.2) is 0 Å². The predicted octanol–water partition coefficient (Wildman–Crippen LogP) is 8.05. The molecule has 0 radical (unpaired) electrons. The van der Waals surface area contributed by atoms with E-state index in [-0.39, 0.29) is 12.2 Å². The van der Waals surface area contributed by atoms with E-state index in [9.17, 15) is 0 Å². The third-order valence-corrected chi connectivity index (χ3v) is 7.09. The summed E-state index contributed by atoms with van der Waals surface area (Å²) in [7, 11) is 0. The van der Waals surface area contributed by atoms with E-state index in [0.717, 1.165) is 22.3 Å². The molecule has 238 valence electrons. The van der Waals surface area contributed by atoms with E-state index in [1.807, 2.05) is 146 Å². The van der Waals surface area contributed by atoms with E-state index >= 15 is 0 Å². The van der Waals surface area contributed by atoms with Gasteiger partial charge in [0.2, 0.25) is 0 Å². The van der Waals surface area contributed by atoms with Crippen molar-refractivity contribution < 1.29 is 28.4 Å². The molecule has 0 heterocycles. The average molecular weight is 619 g/mol. The first-order valence-electron chi connectivity index (χ1n) is 15.7. The highest BCUT2D eigenvalue weighted by Gasteiger charge is 2.15. The molecule has 0 unspecified atom stereocenters. The van der Waals surface area contributed by atoms with Crippen LogP contribution in [0.4, 0.5) is 0 Å². The van der Waals surface area contributed by atoms with Gasteiger partial charge in [0.25, 0.3) is 0 Å². The molecule has 0 spiro atoms. The Balaban J connectivity index is 1.15. The minimum atomic E-state index is -0.287. The quantitative estimate of drug-likeness (QED) is 0.0880. The molecule has 5 rings (SSSR count). The summed E-state index contributed by atoms with van der Waals surface area (Å²) in [5.41, 5.74) is 4.46. The van der Waals surface area contributed by atoms with Gasteiger partial charge in [-0.2, -0.15) is 0 Å². The Kier molecular flexibility index (Phi) is 13.7. The van der Waals surface area contributed by atoms with Crippen molar-refractivity contribution in [2.75, 3.05) is 26.4 Å². The molecule has 46 heavy (non-hydrogen) atoms. The van der Waals surface area contributed by atoms with Crippen molar-refractivity contribution >= 4 is 0 Å². The van der Waals surface area contributed by atoms with E-state index in [2.05, 4.69) is 0 Å². The molecule has 0 N–H and O–H groups in total. The smallest absolute Gasteiger partial charge is 0.145 e. The second-order valence-corrected chi connectivity index (χ2v) is 11.0. The summed E-state index contributed by atoms with van der Waals surface area (Å²) in [6.07, 6.45) is -0.575. The lowest BCUT2D eigenvalue weighted by Gasteiger charge is -2.21. The largest absolute Gasteiger partial charge is 0.486 e. The third-order valence-electron chi connectivity index (χ3n) is 7.09. The first-order valence-corrected chi connectivity index (χ1v) is 15.7. The third kappa shape index (κ3) is 12.1. The van der Waals surface area contributed by atoms with Crippen molar-refractivity contribution in [2.45, 2.75) is 38.6 Å². The van der Waals surface area contributed by atoms with Gasteiger partial charge < -0.3 is 28.4 Å². The Morgan fingerprint density at radius 3 is 0.783 bits per heavy atom. The second kappa shape index (κ2) is 19.1. The summed E-state index contributed by atoms with van der Waals surface area (Å²) < 4.78 is 36.7. The normalized spacial score (nSPS) is 11.2. The fourth-order valence-corrected chi connectivity index (χ4v) is 4.74. The van der Waals surface area contributed by atoms with Crippen LogP contribution in [0.15, 0.2) is 146 Å². The van der Waals surface area contributed by atoms with E-state index < -0.39 is 0 Å². The maximum absolute atomic E-state index is 6.32. The van der Waals surface area contributed by atoms with Crippen molar-refractivity contribution in [1.82, 2.24) is 0 Å². The van der Waals surface area contributed by atoms with Crippen molar-refractivity contribution in [3.63, 3.8) is 0 Å². The van der Waals surface area contributed by atoms with E-state index in [4.69, 9.17) is 28.4 Å². The molecule has 0 aliphatic heterocycles. The zero-order valence-electron chi connectivity index (χ0n) is 26.1. The number of hydrogen-bond donors (Lipinski definition) is 0. The van der Waals surface area contributed by atoms with Crippen LogP contribution in [0, 0.1) is 0 Å². The van der Waals surface area contributed by atoms with Crippen LogP contribution in [0.1, 0.15) is 22.3 Å². The van der Waals surface area contributed by atoms with E-state index in [1.54, 1.807) is 0 Å². The number of ether oxygens (including phenoxy) is 6. The Morgan fingerprint density at radius 1 is 0.304 bits per heavy atom. The van der Waals surface area contributed by atoms with Crippen LogP contribution in [-0.2, 0) is 45.4 Å². The van der Waals surface area contributed by atoms with Crippen molar-refractivity contribution in [1.29, 1.82) is 0 Å². The van der Waals surface area contributed by atoms with Crippen LogP contribution in [-0.4, -0.2) is 38.6 Å². The molecule has 0 fully saturated rings. The number of benzene rings is 5. The minimum Gasteiger partial charge on any atom is -0.486 e. The summed E-state index contributed by atoms with van der Waals surface area (Å²) in [6, 6.07) is 48.1. The summed E-state index contributed by atoms with van der Waals surface area (Å²) in [5, 5.41) is 0. The molecule has 0 saturated heterocycles. The van der Waals surface area contributed by atoms with Gasteiger partial charge >= 0.3 is 0 Å². The summed E-state index contributed by atoms with van der Waals surface area (Å²) in [6.45, 7) is 3.59. The van der Waals surface area contributed by atoms with Gasteiger partial charge in [-0.05, 0) is 46.5 Å². The Labute approximate surface area is 272 Å². The molecular weight excluding hydrogens is 576 g/mol. The molecular formula is C40H42O6. The Hall–Kier alpha value is -4.46. The molecule has 0 amide bonds. The van der Waals surface area contributed by atoms with Crippen LogP contribution in [0.2, 0.25) is 0 Å². The lowest BCUT2D eigenvalue weighted by molar-refractivity contribution is -0.0170. The van der Waals surface area contributed by atoms with Gasteiger partial charge in [0, 0.05) is 0 Å². The van der Waals surface area contributed by atoms with Crippen molar-refractivity contribution in [3.05, 3.63) is 168 Å². The zero-order valence-corrected chi connectivity index (χ0v) is 26.1. The molecule has 6 heteroatoms. The first kappa shape index (κ1) is 32.9. The average Bonchev–Trinajstić information content (AvgIpc) is 3.11. The Morgan fingerprint density at radius 2 is 0.543 bits per heavy atom. The Bertz CT molecular complexity index is 1270. The molecule has 0 saturated carbocycles. The molecule has 0 aliphatic carbocycles.